The Hall–Kier alpha value is -3.21. The molecule has 3 aromatic rings. The van der Waals surface area contributed by atoms with E-state index in [4.69, 9.17) is 9.72 Å². The summed E-state index contributed by atoms with van der Waals surface area (Å²) in [5.41, 5.74) is 2.80. The second kappa shape index (κ2) is 7.43. The first-order valence-electron chi connectivity index (χ1n) is 9.41. The lowest BCUT2D eigenvalue weighted by atomic mass is 10.1. The van der Waals surface area contributed by atoms with Crippen molar-refractivity contribution in [2.75, 3.05) is 14.1 Å². The van der Waals surface area contributed by atoms with E-state index in [2.05, 4.69) is 0 Å². The number of amides is 1. The van der Waals surface area contributed by atoms with Crippen LogP contribution in [0.5, 0.6) is 0 Å². The molecule has 1 amide bonds. The van der Waals surface area contributed by atoms with Crippen LogP contribution >= 0.6 is 0 Å². The number of para-hydroxylation sites is 1. The molecular weight excluding hydrogens is 352 g/mol. The highest BCUT2D eigenvalue weighted by Gasteiger charge is 2.30. The van der Waals surface area contributed by atoms with Gasteiger partial charge in [-0.25, -0.2) is 4.79 Å². The summed E-state index contributed by atoms with van der Waals surface area (Å²) >= 11 is 0. The normalized spacial score (nSPS) is 14.5. The van der Waals surface area contributed by atoms with Crippen LogP contribution in [0.4, 0.5) is 0 Å². The molecular formula is C23H22N2O3. The predicted molar refractivity (Wildman–Crippen MR) is 107 cm³/mol. The van der Waals surface area contributed by atoms with Crippen molar-refractivity contribution < 1.29 is 14.3 Å². The molecule has 1 aromatic heterocycles. The molecule has 0 N–H and O–H groups in total. The summed E-state index contributed by atoms with van der Waals surface area (Å²) in [4.78, 5) is 32.0. The van der Waals surface area contributed by atoms with Crippen LogP contribution in [0.25, 0.3) is 10.9 Å². The predicted octanol–water partition coefficient (Wildman–Crippen LogP) is 4.10. The summed E-state index contributed by atoms with van der Waals surface area (Å²) < 4.78 is 5.75. The summed E-state index contributed by atoms with van der Waals surface area (Å²) in [6.07, 6.45) is 1.19. The van der Waals surface area contributed by atoms with E-state index in [9.17, 15) is 9.59 Å². The molecule has 1 heterocycles. The highest BCUT2D eigenvalue weighted by molar-refractivity contribution is 6.04. The van der Waals surface area contributed by atoms with Gasteiger partial charge in [0, 0.05) is 36.7 Å². The number of aromatic nitrogens is 1. The van der Waals surface area contributed by atoms with Crippen molar-refractivity contribution in [3.05, 3.63) is 77.5 Å². The van der Waals surface area contributed by atoms with Gasteiger partial charge in [-0.3, -0.25) is 9.78 Å². The van der Waals surface area contributed by atoms with Gasteiger partial charge in [0.25, 0.3) is 5.91 Å². The van der Waals surface area contributed by atoms with Crippen LogP contribution in [0.1, 0.15) is 46.5 Å². The van der Waals surface area contributed by atoms with E-state index in [1.807, 2.05) is 48.5 Å². The number of fused-ring (bicyclic) bond motifs is 1. The van der Waals surface area contributed by atoms with Crippen molar-refractivity contribution in [3.63, 3.8) is 0 Å². The van der Waals surface area contributed by atoms with Crippen LogP contribution in [0.15, 0.2) is 60.7 Å². The number of hydrogen-bond acceptors (Lipinski definition) is 4. The molecule has 0 bridgehead atoms. The van der Waals surface area contributed by atoms with Crippen LogP contribution in [0.2, 0.25) is 0 Å². The number of rotatable bonds is 5. The molecule has 0 spiro atoms. The molecule has 2 aromatic carbocycles. The molecule has 0 unspecified atom stereocenters. The summed E-state index contributed by atoms with van der Waals surface area (Å²) in [5, 5.41) is 0.737. The minimum absolute atomic E-state index is 0.277. The third kappa shape index (κ3) is 3.60. The first kappa shape index (κ1) is 18.2. The molecule has 5 nitrogen and oxygen atoms in total. The fourth-order valence-corrected chi connectivity index (χ4v) is 3.25. The number of ether oxygens (including phenoxy) is 1. The van der Waals surface area contributed by atoms with Crippen molar-refractivity contribution >= 4 is 22.8 Å². The average molecular weight is 374 g/mol. The maximum absolute atomic E-state index is 13.1. The van der Waals surface area contributed by atoms with E-state index >= 15 is 0 Å². The highest BCUT2D eigenvalue weighted by atomic mass is 16.5. The largest absolute Gasteiger partial charge is 0.444 e. The molecule has 142 valence electrons. The van der Waals surface area contributed by atoms with E-state index < -0.39 is 12.1 Å². The molecule has 1 saturated carbocycles. The zero-order valence-corrected chi connectivity index (χ0v) is 16.0. The Labute approximate surface area is 163 Å². The van der Waals surface area contributed by atoms with E-state index in [1.165, 1.54) is 4.90 Å². The first-order valence-corrected chi connectivity index (χ1v) is 9.41. The van der Waals surface area contributed by atoms with Gasteiger partial charge >= 0.3 is 5.97 Å². The average Bonchev–Trinajstić information content (AvgIpc) is 3.56. The Morgan fingerprint density at radius 2 is 1.71 bits per heavy atom. The van der Waals surface area contributed by atoms with Gasteiger partial charge in [-0.05, 0) is 25.0 Å². The summed E-state index contributed by atoms with van der Waals surface area (Å²) in [7, 11) is 3.30. The van der Waals surface area contributed by atoms with Crippen LogP contribution in [-0.2, 0) is 9.53 Å². The second-order valence-electron chi connectivity index (χ2n) is 7.31. The van der Waals surface area contributed by atoms with Gasteiger partial charge in [0.05, 0.1) is 11.1 Å². The SMILES string of the molecule is CN(C)C(=O)[C@@H](OC(=O)c1cc(C2CC2)nc2ccccc12)c1ccccc1. The number of benzene rings is 2. The van der Waals surface area contributed by atoms with Crippen LogP contribution in [0.3, 0.4) is 0 Å². The number of likely N-dealkylation sites (N-methyl/N-ethyl adjacent to an activating group) is 1. The van der Waals surface area contributed by atoms with Crippen molar-refractivity contribution in [1.29, 1.82) is 0 Å². The van der Waals surface area contributed by atoms with Gasteiger partial charge in [-0.15, -0.1) is 0 Å². The number of carbonyl (C=O) groups excluding carboxylic acids is 2. The van der Waals surface area contributed by atoms with Crippen molar-refractivity contribution in [3.8, 4) is 0 Å². The van der Waals surface area contributed by atoms with Gasteiger partial charge in [-0.1, -0.05) is 48.5 Å². The van der Waals surface area contributed by atoms with E-state index in [0.29, 0.717) is 17.0 Å². The van der Waals surface area contributed by atoms with Gasteiger partial charge in [-0.2, -0.15) is 0 Å². The number of hydrogen-bond donors (Lipinski definition) is 0. The third-order valence-electron chi connectivity index (χ3n) is 4.94. The molecule has 4 rings (SSSR count). The highest BCUT2D eigenvalue weighted by Crippen LogP contribution is 2.40. The maximum Gasteiger partial charge on any atom is 0.340 e. The number of pyridine rings is 1. The standard InChI is InChI=1S/C23H22N2O3/c1-25(2)22(26)21(16-8-4-3-5-9-16)28-23(27)18-14-20(15-12-13-15)24-19-11-7-6-10-17(18)19/h3-11,14-15,21H,12-13H2,1-2H3/t21-/m0/s1. The van der Waals surface area contributed by atoms with Crippen molar-refractivity contribution in [1.82, 2.24) is 9.88 Å². The number of carbonyl (C=O) groups is 2. The van der Waals surface area contributed by atoms with E-state index in [0.717, 1.165) is 29.4 Å². The van der Waals surface area contributed by atoms with Crippen molar-refractivity contribution in [2.45, 2.75) is 24.9 Å². The molecule has 28 heavy (non-hydrogen) atoms. The van der Waals surface area contributed by atoms with E-state index in [1.54, 1.807) is 26.2 Å². The Balaban J connectivity index is 1.72. The lowest BCUT2D eigenvalue weighted by Crippen LogP contribution is -2.31. The minimum Gasteiger partial charge on any atom is -0.444 e. The van der Waals surface area contributed by atoms with Gasteiger partial charge in [0.2, 0.25) is 6.10 Å². The van der Waals surface area contributed by atoms with Crippen molar-refractivity contribution in [2.24, 2.45) is 0 Å². The zero-order valence-electron chi connectivity index (χ0n) is 16.0. The third-order valence-corrected chi connectivity index (χ3v) is 4.94. The van der Waals surface area contributed by atoms with Gasteiger partial charge < -0.3 is 9.64 Å². The van der Waals surface area contributed by atoms with Crippen LogP contribution in [-0.4, -0.2) is 35.9 Å². The van der Waals surface area contributed by atoms with Gasteiger partial charge in [0.1, 0.15) is 0 Å². The summed E-state index contributed by atoms with van der Waals surface area (Å²) in [5.74, 6) is -0.380. The number of esters is 1. The lowest BCUT2D eigenvalue weighted by Gasteiger charge is -2.21. The molecule has 5 heteroatoms. The van der Waals surface area contributed by atoms with Gasteiger partial charge in [0.15, 0.2) is 0 Å². The number of nitrogens with zero attached hydrogens (tertiary/aromatic N) is 2. The van der Waals surface area contributed by atoms with Crippen LogP contribution < -0.4 is 0 Å². The molecule has 0 aliphatic heterocycles. The molecule has 1 aliphatic carbocycles. The monoisotopic (exact) mass is 374 g/mol. The Morgan fingerprint density at radius 1 is 1.04 bits per heavy atom. The maximum atomic E-state index is 13.1. The smallest absolute Gasteiger partial charge is 0.340 e. The summed E-state index contributed by atoms with van der Waals surface area (Å²) in [6.45, 7) is 0. The van der Waals surface area contributed by atoms with E-state index in [-0.39, 0.29) is 5.91 Å². The fourth-order valence-electron chi connectivity index (χ4n) is 3.25. The molecule has 1 atom stereocenters. The Bertz CT molecular complexity index is 1030. The molecule has 0 saturated heterocycles. The Morgan fingerprint density at radius 3 is 2.39 bits per heavy atom. The quantitative estimate of drug-likeness (QED) is 0.631. The summed E-state index contributed by atoms with van der Waals surface area (Å²) in [6, 6.07) is 18.5. The molecule has 1 aliphatic rings. The second-order valence-corrected chi connectivity index (χ2v) is 7.31. The molecule has 0 radical (unpaired) electrons. The van der Waals surface area contributed by atoms with Crippen LogP contribution in [0, 0.1) is 0 Å². The fraction of sp³-hybridized carbons (Fsp3) is 0.261. The topological polar surface area (TPSA) is 59.5 Å². The minimum atomic E-state index is -0.986. The Kier molecular flexibility index (Phi) is 4.82. The lowest BCUT2D eigenvalue weighted by molar-refractivity contribution is -0.138. The molecule has 1 fully saturated rings. The zero-order chi connectivity index (χ0) is 19.7. The first-order chi connectivity index (χ1) is 13.5.